The number of morpholine rings is 1. The van der Waals surface area contributed by atoms with Crippen LogP contribution in [0.25, 0.3) is 0 Å². The lowest BCUT2D eigenvalue weighted by atomic mass is 9.83. The average Bonchev–Trinajstić information content (AvgIpc) is 4.14. The zero-order valence-corrected chi connectivity index (χ0v) is 45.3. The second kappa shape index (κ2) is 24.7. The molecule has 21 heteroatoms. The number of rotatable bonds is 17. The minimum Gasteiger partial charge on any atom is -0.381 e. The van der Waals surface area contributed by atoms with E-state index in [1.807, 2.05) is 18.2 Å². The summed E-state index contributed by atoms with van der Waals surface area (Å²) in [6, 6.07) is 17.0. The van der Waals surface area contributed by atoms with Gasteiger partial charge < -0.3 is 51.2 Å². The molecule has 9 rings (SSSR count). The Morgan fingerprint density at radius 3 is 2.32 bits per heavy atom. The van der Waals surface area contributed by atoms with Crippen LogP contribution in [0.15, 0.2) is 78.9 Å². The van der Waals surface area contributed by atoms with E-state index in [4.69, 9.17) is 9.47 Å². The maximum Gasteiger partial charge on any atom is 0.252 e. The molecule has 6 amide bonds. The van der Waals surface area contributed by atoms with Crippen molar-refractivity contribution in [2.24, 2.45) is 5.92 Å². The molecule has 0 radical (unpaired) electrons. The van der Waals surface area contributed by atoms with E-state index in [2.05, 4.69) is 55.5 Å². The second-order valence-corrected chi connectivity index (χ2v) is 21.8. The van der Waals surface area contributed by atoms with E-state index >= 15 is 0 Å². The number of likely N-dealkylation sites (N-methyl/N-ethyl adjacent to an activating group) is 1. The standard InChI is InChI=1S/C58H71F3N10O8/c1-34-28-69(43(26-63-34)30-68-19-22-79-32-35(68)2)31-50(73)71-33-58(4,45-16-11-38(24-48(45)71)23-37-9-12-41(59)13-10-37)57(77)64-27-49(72)65-42-14-15-44-40(25-42)29-70(53(44)55(75)67-52-46(60)7-6-8-47(52)61)56(76)51(39-17-20-78-21-18-39)66-54(74)36(3)62-5/h6-16,24-25,34-36,39,43,51,53,62-63H,17-23,26-33H2,1-5H3,(H,64,77)(H,65,72)(H,66,74)(H,67,75)/t34-,35-,36+,43-,51?,53+,58-/m1/s1. The monoisotopic (exact) mass is 1090 g/mol. The summed E-state index contributed by atoms with van der Waals surface area (Å²) in [7, 11) is 1.61. The summed E-state index contributed by atoms with van der Waals surface area (Å²) >= 11 is 0. The lowest BCUT2D eigenvalue weighted by molar-refractivity contribution is -0.144. The molecule has 5 aliphatic rings. The fraction of sp³-hybridized carbons (Fsp3) is 0.483. The van der Waals surface area contributed by atoms with Crippen LogP contribution in [0.5, 0.6) is 0 Å². The molecule has 422 valence electrons. The Labute approximate surface area is 458 Å². The largest absolute Gasteiger partial charge is 0.381 e. The molecule has 1 unspecified atom stereocenters. The minimum atomic E-state index is -1.40. The van der Waals surface area contributed by atoms with Crippen LogP contribution in [0.3, 0.4) is 0 Å². The predicted octanol–water partition coefficient (Wildman–Crippen LogP) is 3.98. The molecule has 3 saturated heterocycles. The molecule has 7 atom stereocenters. The number of hydrogen-bond donors (Lipinski definition) is 6. The molecular formula is C58H71F3N10O8. The molecule has 0 spiro atoms. The SMILES string of the molecule is CN[C@@H](C)C(=O)NC(C(=O)N1Cc2cc(NC(=O)CNC(=O)[C@]3(C)CN(C(=O)CN4C[C@@H](C)NC[C@@H]4CN4CCOC[C@H]4C)c4cc(Cc5ccc(F)cc5)ccc43)ccc2[C@H]1C(=O)Nc1c(F)cccc1F)C1CCOCC1. The number of anilines is 3. The molecule has 5 aliphatic heterocycles. The third-order valence-corrected chi connectivity index (χ3v) is 16.2. The van der Waals surface area contributed by atoms with Crippen LogP contribution in [0.2, 0.25) is 0 Å². The number of nitrogens with zero attached hydrogens (tertiary/aromatic N) is 4. The van der Waals surface area contributed by atoms with Crippen LogP contribution >= 0.6 is 0 Å². The first-order chi connectivity index (χ1) is 37.9. The number of benzene rings is 4. The predicted molar refractivity (Wildman–Crippen MR) is 290 cm³/mol. The lowest BCUT2D eigenvalue weighted by Gasteiger charge is -2.43. The lowest BCUT2D eigenvalue weighted by Crippen LogP contribution is -2.62. The van der Waals surface area contributed by atoms with Crippen LogP contribution < -0.4 is 36.8 Å². The van der Waals surface area contributed by atoms with E-state index in [1.165, 1.54) is 23.1 Å². The van der Waals surface area contributed by atoms with Gasteiger partial charge in [-0.3, -0.25) is 38.6 Å². The van der Waals surface area contributed by atoms with Gasteiger partial charge >= 0.3 is 0 Å². The summed E-state index contributed by atoms with van der Waals surface area (Å²) < 4.78 is 55.0. The van der Waals surface area contributed by atoms with Gasteiger partial charge in [-0.25, -0.2) is 13.2 Å². The molecule has 0 aliphatic carbocycles. The van der Waals surface area contributed by atoms with Crippen molar-refractivity contribution >= 4 is 52.5 Å². The first kappa shape index (κ1) is 57.0. The van der Waals surface area contributed by atoms with Gasteiger partial charge in [0, 0.05) is 82.0 Å². The Balaban J connectivity index is 0.925. The molecule has 79 heavy (non-hydrogen) atoms. The summed E-state index contributed by atoms with van der Waals surface area (Å²) in [5, 5.41) is 17.3. The second-order valence-electron chi connectivity index (χ2n) is 21.8. The Morgan fingerprint density at radius 1 is 0.861 bits per heavy atom. The third kappa shape index (κ3) is 12.8. The van der Waals surface area contributed by atoms with E-state index in [-0.39, 0.29) is 61.1 Å². The number of fused-ring (bicyclic) bond motifs is 2. The van der Waals surface area contributed by atoms with Gasteiger partial charge in [-0.2, -0.15) is 0 Å². The van der Waals surface area contributed by atoms with Crippen LogP contribution in [-0.2, 0) is 56.6 Å². The zero-order valence-electron chi connectivity index (χ0n) is 45.3. The summed E-state index contributed by atoms with van der Waals surface area (Å²) in [5.74, 6) is -5.92. The number of carbonyl (C=O) groups excluding carboxylic acids is 6. The van der Waals surface area contributed by atoms with Gasteiger partial charge in [-0.1, -0.05) is 36.4 Å². The number of nitrogens with one attached hydrogen (secondary N) is 6. The first-order valence-electron chi connectivity index (χ1n) is 27.2. The van der Waals surface area contributed by atoms with Gasteiger partial charge in [0.05, 0.1) is 37.8 Å². The summed E-state index contributed by atoms with van der Waals surface area (Å²) in [6.07, 6.45) is 1.35. The van der Waals surface area contributed by atoms with Crippen LogP contribution in [0.4, 0.5) is 30.2 Å². The molecule has 6 N–H and O–H groups in total. The Morgan fingerprint density at radius 2 is 1.59 bits per heavy atom. The van der Waals surface area contributed by atoms with Crippen LogP contribution in [0.1, 0.15) is 74.4 Å². The molecule has 0 aromatic heterocycles. The Bertz CT molecular complexity index is 2910. The average molecular weight is 1090 g/mol. The van der Waals surface area contributed by atoms with Gasteiger partial charge in [-0.15, -0.1) is 0 Å². The van der Waals surface area contributed by atoms with Gasteiger partial charge in [0.1, 0.15) is 35.2 Å². The smallest absolute Gasteiger partial charge is 0.252 e. The van der Waals surface area contributed by atoms with Crippen molar-refractivity contribution in [2.75, 3.05) is 94.8 Å². The summed E-state index contributed by atoms with van der Waals surface area (Å²) in [6.45, 7) is 12.0. The van der Waals surface area contributed by atoms with E-state index in [9.17, 15) is 41.9 Å². The summed E-state index contributed by atoms with van der Waals surface area (Å²) in [5.41, 5.74) is 2.00. The molecule has 5 heterocycles. The fourth-order valence-corrected chi connectivity index (χ4v) is 11.5. The number of piperazine rings is 1. The number of carbonyl (C=O) groups is 6. The molecule has 0 bridgehead atoms. The molecule has 18 nitrogen and oxygen atoms in total. The van der Waals surface area contributed by atoms with Crippen molar-refractivity contribution in [1.29, 1.82) is 0 Å². The highest BCUT2D eigenvalue weighted by molar-refractivity contribution is 6.05. The van der Waals surface area contributed by atoms with E-state index in [1.54, 1.807) is 50.1 Å². The minimum absolute atomic E-state index is 0.00729. The zero-order chi connectivity index (χ0) is 56.1. The summed E-state index contributed by atoms with van der Waals surface area (Å²) in [4.78, 5) is 93.0. The van der Waals surface area contributed by atoms with Crippen molar-refractivity contribution < 1.29 is 51.4 Å². The highest BCUT2D eigenvalue weighted by Crippen LogP contribution is 2.43. The van der Waals surface area contributed by atoms with Crippen molar-refractivity contribution in [3.8, 4) is 0 Å². The normalized spacial score (nSPS) is 23.3. The van der Waals surface area contributed by atoms with Gasteiger partial charge in [0.15, 0.2) is 0 Å². The van der Waals surface area contributed by atoms with Crippen molar-refractivity contribution in [3.05, 3.63) is 124 Å². The molecular weight excluding hydrogens is 1020 g/mol. The van der Waals surface area contributed by atoms with E-state index < -0.39 is 76.9 Å². The number of ether oxygens (including phenoxy) is 2. The van der Waals surface area contributed by atoms with Gasteiger partial charge in [0.25, 0.3) is 5.91 Å². The first-order valence-corrected chi connectivity index (χ1v) is 27.2. The van der Waals surface area contributed by atoms with Gasteiger partial charge in [0.2, 0.25) is 29.5 Å². The van der Waals surface area contributed by atoms with E-state index in [0.717, 1.165) is 42.4 Å². The molecule has 3 fully saturated rings. The highest BCUT2D eigenvalue weighted by Gasteiger charge is 2.48. The van der Waals surface area contributed by atoms with Gasteiger partial charge in [-0.05, 0) is 130 Å². The topological polar surface area (TPSA) is 206 Å². The molecule has 4 aromatic carbocycles. The fourth-order valence-electron chi connectivity index (χ4n) is 11.5. The Kier molecular flexibility index (Phi) is 17.8. The van der Waals surface area contributed by atoms with Crippen molar-refractivity contribution in [1.82, 2.24) is 36.0 Å². The maximum atomic E-state index is 14.9. The quantitative estimate of drug-likeness (QED) is 0.0889. The van der Waals surface area contributed by atoms with Crippen molar-refractivity contribution in [3.63, 3.8) is 0 Å². The third-order valence-electron chi connectivity index (χ3n) is 16.2. The molecule has 4 aromatic rings. The maximum absolute atomic E-state index is 14.9. The van der Waals surface area contributed by atoms with E-state index in [0.29, 0.717) is 81.2 Å². The highest BCUT2D eigenvalue weighted by atomic mass is 19.1. The number of hydrogen-bond acceptors (Lipinski definition) is 12. The van der Waals surface area contributed by atoms with Crippen molar-refractivity contribution in [2.45, 2.75) is 95.2 Å². The van der Waals surface area contributed by atoms with Crippen LogP contribution in [-0.4, -0.2) is 160 Å². The Hall–Kier alpha value is -6.75. The number of amides is 6. The molecule has 0 saturated carbocycles. The van der Waals surface area contributed by atoms with Crippen LogP contribution in [0, 0.1) is 23.4 Å². The number of halogens is 3. The number of para-hydroxylation sites is 1.